The Balaban J connectivity index is 1.58. The fourth-order valence-corrected chi connectivity index (χ4v) is 3.87. The molecule has 2 nitrogen and oxygen atoms in total. The summed E-state index contributed by atoms with van der Waals surface area (Å²) < 4.78 is 6.17. The molecule has 2 aliphatic rings. The summed E-state index contributed by atoms with van der Waals surface area (Å²) in [6.07, 6.45) is 0. The molecule has 4 rings (SSSR count). The van der Waals surface area contributed by atoms with Crippen LogP contribution in [0.3, 0.4) is 0 Å². The number of hydrogen-bond donors (Lipinski definition) is 1. The molecule has 2 aromatic carbocycles. The molecule has 0 amide bonds. The third kappa shape index (κ3) is 1.82. The average Bonchev–Trinajstić information content (AvgIpc) is 2.86. The Kier molecular flexibility index (Phi) is 2.83. The summed E-state index contributed by atoms with van der Waals surface area (Å²) in [5.74, 6) is 1.60. The summed E-state index contributed by atoms with van der Waals surface area (Å²) in [4.78, 5) is 0. The van der Waals surface area contributed by atoms with Crippen molar-refractivity contribution >= 4 is 0 Å². The number of benzene rings is 2. The van der Waals surface area contributed by atoms with Crippen molar-refractivity contribution in [2.75, 3.05) is 19.7 Å². The van der Waals surface area contributed by atoms with Crippen molar-refractivity contribution in [2.24, 2.45) is 0 Å². The van der Waals surface area contributed by atoms with Crippen molar-refractivity contribution in [1.82, 2.24) is 5.32 Å². The molecule has 1 fully saturated rings. The van der Waals surface area contributed by atoms with Crippen molar-refractivity contribution in [2.45, 2.75) is 25.2 Å². The third-order valence-corrected chi connectivity index (χ3v) is 5.30. The molecule has 1 heterocycles. The summed E-state index contributed by atoms with van der Waals surface area (Å²) in [6.45, 7) is 7.15. The van der Waals surface area contributed by atoms with Crippen LogP contribution in [0.25, 0.3) is 0 Å². The zero-order chi connectivity index (χ0) is 14.4. The van der Waals surface area contributed by atoms with E-state index in [9.17, 15) is 0 Å². The van der Waals surface area contributed by atoms with E-state index < -0.39 is 0 Å². The fourth-order valence-electron chi connectivity index (χ4n) is 3.87. The molecule has 1 aliphatic heterocycles. The highest BCUT2D eigenvalue weighted by Crippen LogP contribution is 2.53. The van der Waals surface area contributed by atoms with E-state index in [4.69, 9.17) is 4.74 Å². The fraction of sp³-hybridized carbons (Fsp3) is 0.368. The minimum atomic E-state index is 0.176. The monoisotopic (exact) mass is 279 g/mol. The van der Waals surface area contributed by atoms with Gasteiger partial charge in [-0.1, -0.05) is 30.3 Å². The van der Waals surface area contributed by atoms with Crippen molar-refractivity contribution in [3.05, 3.63) is 64.7 Å². The largest absolute Gasteiger partial charge is 0.493 e. The van der Waals surface area contributed by atoms with Crippen LogP contribution in [-0.4, -0.2) is 19.7 Å². The van der Waals surface area contributed by atoms with Gasteiger partial charge in [0.25, 0.3) is 0 Å². The van der Waals surface area contributed by atoms with E-state index in [0.29, 0.717) is 5.92 Å². The number of nitrogens with one attached hydrogen (secondary N) is 1. The van der Waals surface area contributed by atoms with Gasteiger partial charge in [0.15, 0.2) is 0 Å². The smallest absolute Gasteiger partial charge is 0.119 e. The lowest BCUT2D eigenvalue weighted by molar-refractivity contribution is 0.190. The van der Waals surface area contributed by atoms with E-state index in [0.717, 1.165) is 25.4 Å². The molecule has 1 saturated heterocycles. The molecule has 0 spiro atoms. The van der Waals surface area contributed by atoms with Crippen LogP contribution in [0.15, 0.2) is 42.5 Å². The number of fused-ring (bicyclic) bond motifs is 4. The van der Waals surface area contributed by atoms with Gasteiger partial charge in [-0.2, -0.15) is 0 Å². The van der Waals surface area contributed by atoms with Crippen LogP contribution in [-0.2, 0) is 5.41 Å². The summed E-state index contributed by atoms with van der Waals surface area (Å²) in [5.41, 5.74) is 5.76. The summed E-state index contributed by atoms with van der Waals surface area (Å²) in [7, 11) is 0. The molecular weight excluding hydrogens is 258 g/mol. The van der Waals surface area contributed by atoms with Crippen molar-refractivity contribution in [3.63, 3.8) is 0 Å². The first kappa shape index (κ1) is 12.9. The Morgan fingerprint density at radius 1 is 1.14 bits per heavy atom. The lowest BCUT2D eigenvalue weighted by atomic mass is 9.58. The van der Waals surface area contributed by atoms with Crippen molar-refractivity contribution < 1.29 is 4.74 Å². The molecule has 0 unspecified atom stereocenters. The first-order chi connectivity index (χ1) is 10.2. The molecule has 1 aliphatic carbocycles. The predicted molar refractivity (Wildman–Crippen MR) is 85.1 cm³/mol. The van der Waals surface area contributed by atoms with E-state index in [1.165, 1.54) is 22.3 Å². The van der Waals surface area contributed by atoms with E-state index in [2.05, 4.69) is 61.6 Å². The van der Waals surface area contributed by atoms with E-state index in [1.54, 1.807) is 0 Å². The van der Waals surface area contributed by atoms with Gasteiger partial charge in [-0.3, -0.25) is 0 Å². The number of ether oxygens (including phenoxy) is 1. The van der Waals surface area contributed by atoms with E-state index in [1.807, 2.05) is 0 Å². The minimum Gasteiger partial charge on any atom is -0.493 e. The second-order valence-corrected chi connectivity index (χ2v) is 6.46. The van der Waals surface area contributed by atoms with Gasteiger partial charge >= 0.3 is 0 Å². The van der Waals surface area contributed by atoms with E-state index in [-0.39, 0.29) is 5.41 Å². The molecule has 108 valence electrons. The van der Waals surface area contributed by atoms with Gasteiger partial charge in [0, 0.05) is 19.0 Å². The van der Waals surface area contributed by atoms with Crippen LogP contribution in [0.4, 0.5) is 0 Å². The van der Waals surface area contributed by atoms with Gasteiger partial charge in [-0.15, -0.1) is 0 Å². The normalized spacial score (nSPS) is 25.9. The Bertz CT molecular complexity index is 694. The van der Waals surface area contributed by atoms with Crippen LogP contribution < -0.4 is 10.1 Å². The van der Waals surface area contributed by atoms with Gasteiger partial charge in [0.05, 0.1) is 12.0 Å². The Labute approximate surface area is 126 Å². The molecule has 0 radical (unpaired) electrons. The van der Waals surface area contributed by atoms with Gasteiger partial charge in [0.1, 0.15) is 5.75 Å². The molecule has 0 aromatic heterocycles. The average molecular weight is 279 g/mol. The highest BCUT2D eigenvalue weighted by Gasteiger charge is 2.54. The van der Waals surface area contributed by atoms with Gasteiger partial charge in [-0.05, 0) is 48.2 Å². The third-order valence-electron chi connectivity index (χ3n) is 5.30. The standard InChI is InChI=1S/C19H21NO/c1-13-7-8-15(9-14(13)2)21-12-19-11-20-10-18(19)16-5-3-4-6-17(16)19/h3-9,18,20H,10-12H2,1-2H3/t18-,19-/m1/s1. The van der Waals surface area contributed by atoms with Crippen LogP contribution >= 0.6 is 0 Å². The maximum absolute atomic E-state index is 6.17. The maximum atomic E-state index is 6.17. The molecule has 1 N–H and O–H groups in total. The molecule has 2 atom stereocenters. The molecular formula is C19H21NO. The van der Waals surface area contributed by atoms with Gasteiger partial charge < -0.3 is 10.1 Å². The lowest BCUT2D eigenvalue weighted by Crippen LogP contribution is -2.48. The molecule has 2 aromatic rings. The molecule has 0 saturated carbocycles. The molecule has 0 bridgehead atoms. The quantitative estimate of drug-likeness (QED) is 0.930. The summed E-state index contributed by atoms with van der Waals surface area (Å²) in [5, 5.41) is 3.55. The number of rotatable bonds is 3. The first-order valence-corrected chi connectivity index (χ1v) is 7.71. The summed E-state index contributed by atoms with van der Waals surface area (Å²) >= 11 is 0. The van der Waals surface area contributed by atoms with Crippen LogP contribution in [0, 0.1) is 13.8 Å². The second kappa shape index (κ2) is 4.60. The predicted octanol–water partition coefficient (Wildman–Crippen LogP) is 3.32. The van der Waals surface area contributed by atoms with Gasteiger partial charge in [0.2, 0.25) is 0 Å². The van der Waals surface area contributed by atoms with Crippen LogP contribution in [0.2, 0.25) is 0 Å². The Morgan fingerprint density at radius 3 is 2.86 bits per heavy atom. The number of hydrogen-bond acceptors (Lipinski definition) is 2. The second-order valence-electron chi connectivity index (χ2n) is 6.46. The highest BCUT2D eigenvalue weighted by molar-refractivity contribution is 5.53. The minimum absolute atomic E-state index is 0.176. The SMILES string of the molecule is Cc1ccc(OC[C@@]23CNC[C@@H]2c2ccccc23)cc1C. The highest BCUT2D eigenvalue weighted by atomic mass is 16.5. The Hall–Kier alpha value is -1.80. The van der Waals surface area contributed by atoms with Crippen LogP contribution in [0.1, 0.15) is 28.2 Å². The van der Waals surface area contributed by atoms with Crippen molar-refractivity contribution in [3.8, 4) is 5.75 Å². The topological polar surface area (TPSA) is 21.3 Å². The zero-order valence-corrected chi connectivity index (χ0v) is 12.6. The maximum Gasteiger partial charge on any atom is 0.119 e. The van der Waals surface area contributed by atoms with E-state index >= 15 is 0 Å². The van der Waals surface area contributed by atoms with Crippen molar-refractivity contribution in [1.29, 1.82) is 0 Å². The first-order valence-electron chi connectivity index (χ1n) is 7.71. The molecule has 21 heavy (non-hydrogen) atoms. The Morgan fingerprint density at radius 2 is 2.00 bits per heavy atom. The summed E-state index contributed by atoms with van der Waals surface area (Å²) in [6, 6.07) is 15.2. The zero-order valence-electron chi connectivity index (χ0n) is 12.6. The molecule has 2 heteroatoms. The van der Waals surface area contributed by atoms with Crippen LogP contribution in [0.5, 0.6) is 5.75 Å². The van der Waals surface area contributed by atoms with Gasteiger partial charge in [-0.25, -0.2) is 0 Å². The lowest BCUT2D eigenvalue weighted by Gasteiger charge is -2.46. The number of aryl methyl sites for hydroxylation is 2.